The number of aromatic nitrogens is 4. The van der Waals surface area contributed by atoms with E-state index in [1.807, 2.05) is 0 Å². The lowest BCUT2D eigenvalue weighted by molar-refractivity contribution is -0.139. The van der Waals surface area contributed by atoms with Gasteiger partial charge in [-0.3, -0.25) is 14.0 Å². The molecule has 0 aromatic carbocycles. The topological polar surface area (TPSA) is 76.2 Å². The lowest BCUT2D eigenvalue weighted by Gasteiger charge is -2.51. The fourth-order valence-corrected chi connectivity index (χ4v) is 4.77. The van der Waals surface area contributed by atoms with Gasteiger partial charge in [0.1, 0.15) is 11.7 Å². The Morgan fingerprint density at radius 1 is 1.25 bits per heavy atom. The molecule has 1 unspecified atom stereocenters. The van der Waals surface area contributed by atoms with E-state index >= 15 is 0 Å². The lowest BCUT2D eigenvalue weighted by atomic mass is 9.66. The molecule has 1 spiro atoms. The highest BCUT2D eigenvalue weighted by Crippen LogP contribution is 2.51. The molecule has 24 heavy (non-hydrogen) atoms. The molecule has 2 fully saturated rings. The minimum Gasteiger partial charge on any atom is -0.387 e. The van der Waals surface area contributed by atoms with Gasteiger partial charge in [-0.15, -0.1) is 0 Å². The predicted octanol–water partition coefficient (Wildman–Crippen LogP) is 0.757. The summed E-state index contributed by atoms with van der Waals surface area (Å²) in [5, 5.41) is 16.2. The Balaban J connectivity index is 1.73. The first-order chi connectivity index (χ1) is 11.4. The summed E-state index contributed by atoms with van der Waals surface area (Å²) in [7, 11) is 3.90. The van der Waals surface area contributed by atoms with Crippen molar-refractivity contribution in [1.82, 2.24) is 24.2 Å². The van der Waals surface area contributed by atoms with E-state index in [9.17, 15) is 9.90 Å². The van der Waals surface area contributed by atoms with Gasteiger partial charge in [0.15, 0.2) is 5.65 Å². The van der Waals surface area contributed by atoms with Crippen molar-refractivity contribution in [3.05, 3.63) is 22.9 Å². The van der Waals surface area contributed by atoms with Crippen molar-refractivity contribution in [2.45, 2.75) is 44.2 Å². The maximum Gasteiger partial charge on any atom is 0.264 e. The van der Waals surface area contributed by atoms with Crippen molar-refractivity contribution in [2.24, 2.45) is 12.5 Å². The van der Waals surface area contributed by atoms with Crippen molar-refractivity contribution < 1.29 is 5.11 Å². The van der Waals surface area contributed by atoms with E-state index in [0.717, 1.165) is 38.8 Å². The molecular weight excluding hydrogens is 306 g/mol. The van der Waals surface area contributed by atoms with Gasteiger partial charge in [0.25, 0.3) is 5.56 Å². The van der Waals surface area contributed by atoms with Crippen molar-refractivity contribution in [1.29, 1.82) is 0 Å². The molecule has 1 saturated carbocycles. The highest BCUT2D eigenvalue weighted by Gasteiger charge is 2.54. The van der Waals surface area contributed by atoms with Crippen molar-refractivity contribution in [3.8, 4) is 0 Å². The highest BCUT2D eigenvalue weighted by molar-refractivity contribution is 5.72. The normalized spacial score (nSPS) is 27.3. The van der Waals surface area contributed by atoms with E-state index < -0.39 is 5.60 Å². The Morgan fingerprint density at radius 2 is 2.00 bits per heavy atom. The second kappa shape index (κ2) is 5.39. The molecule has 2 aromatic heterocycles. The summed E-state index contributed by atoms with van der Waals surface area (Å²) >= 11 is 0. The fraction of sp³-hybridized carbons (Fsp3) is 0.706. The smallest absolute Gasteiger partial charge is 0.264 e. The van der Waals surface area contributed by atoms with Gasteiger partial charge in [-0.05, 0) is 26.3 Å². The summed E-state index contributed by atoms with van der Waals surface area (Å²) in [5.41, 5.74) is -0.489. The van der Waals surface area contributed by atoms with Crippen LogP contribution in [0, 0.1) is 5.41 Å². The third-order valence-electron chi connectivity index (χ3n) is 6.18. The average molecular weight is 331 g/mol. The molecule has 2 aliphatic rings. The van der Waals surface area contributed by atoms with Crippen LogP contribution in [0.25, 0.3) is 11.0 Å². The molecule has 1 N–H and O–H groups in total. The summed E-state index contributed by atoms with van der Waals surface area (Å²) in [5.74, 6) is 0. The number of aliphatic hydroxyl groups is 1. The minimum atomic E-state index is -0.850. The van der Waals surface area contributed by atoms with Crippen LogP contribution in [0.4, 0.5) is 0 Å². The Hall–Kier alpha value is -1.73. The molecule has 7 heteroatoms. The number of nitrogens with zero attached hydrogens (tertiary/aromatic N) is 5. The third kappa shape index (κ3) is 2.22. The molecule has 130 valence electrons. The van der Waals surface area contributed by atoms with Crippen LogP contribution >= 0.6 is 0 Å². The Kier molecular flexibility index (Phi) is 3.54. The average Bonchev–Trinajstić information content (AvgIpc) is 3.16. The number of fused-ring (bicyclic) bond motifs is 1. The Labute approximate surface area is 140 Å². The summed E-state index contributed by atoms with van der Waals surface area (Å²) in [6.07, 6.45) is 8.20. The van der Waals surface area contributed by atoms with Crippen LogP contribution in [0.1, 0.15) is 32.1 Å². The van der Waals surface area contributed by atoms with Crippen LogP contribution in [-0.4, -0.2) is 55.1 Å². The molecule has 4 rings (SSSR count). The minimum absolute atomic E-state index is 0.108. The zero-order valence-electron chi connectivity index (χ0n) is 14.4. The van der Waals surface area contributed by atoms with Crippen LogP contribution in [0.5, 0.6) is 0 Å². The fourth-order valence-electron chi connectivity index (χ4n) is 4.77. The van der Waals surface area contributed by atoms with E-state index in [1.54, 1.807) is 28.8 Å². The van der Waals surface area contributed by atoms with Crippen LogP contribution in [0.3, 0.4) is 0 Å². The van der Waals surface area contributed by atoms with Gasteiger partial charge < -0.3 is 10.0 Å². The van der Waals surface area contributed by atoms with E-state index in [2.05, 4.69) is 22.0 Å². The summed E-state index contributed by atoms with van der Waals surface area (Å²) in [6.45, 7) is 2.08. The molecule has 2 aromatic rings. The summed E-state index contributed by atoms with van der Waals surface area (Å²) < 4.78 is 3.18. The molecule has 3 heterocycles. The maximum atomic E-state index is 12.8. The second-order valence-corrected chi connectivity index (χ2v) is 7.69. The van der Waals surface area contributed by atoms with Gasteiger partial charge >= 0.3 is 0 Å². The van der Waals surface area contributed by atoms with Crippen molar-refractivity contribution >= 4 is 11.0 Å². The summed E-state index contributed by atoms with van der Waals surface area (Å²) in [6, 6.07) is 0. The van der Waals surface area contributed by atoms with Crippen molar-refractivity contribution in [2.75, 3.05) is 20.1 Å². The molecule has 1 atom stereocenters. The lowest BCUT2D eigenvalue weighted by Crippen LogP contribution is -2.60. The first-order valence-corrected chi connectivity index (χ1v) is 8.72. The largest absolute Gasteiger partial charge is 0.387 e. The van der Waals surface area contributed by atoms with Gasteiger partial charge in [-0.1, -0.05) is 12.8 Å². The monoisotopic (exact) mass is 331 g/mol. The molecule has 0 radical (unpaired) electrons. The van der Waals surface area contributed by atoms with Crippen molar-refractivity contribution in [3.63, 3.8) is 0 Å². The summed E-state index contributed by atoms with van der Waals surface area (Å²) in [4.78, 5) is 19.5. The Morgan fingerprint density at radius 3 is 2.75 bits per heavy atom. The predicted molar refractivity (Wildman–Crippen MR) is 90.7 cm³/mol. The highest BCUT2D eigenvalue weighted by atomic mass is 16.3. The maximum absolute atomic E-state index is 12.8. The number of aryl methyl sites for hydroxylation is 1. The van der Waals surface area contributed by atoms with E-state index in [4.69, 9.17) is 0 Å². The van der Waals surface area contributed by atoms with Gasteiger partial charge in [0.2, 0.25) is 0 Å². The van der Waals surface area contributed by atoms with Gasteiger partial charge in [0, 0.05) is 25.6 Å². The standard InChI is InChI=1S/C17H25N5O2/c1-20-8-7-17(24,16(10-20)5-3-4-6-16)11-22-12-18-14-13(15(22)23)9-19-21(14)2/h9,12,24H,3-8,10-11H2,1-2H3. The first-order valence-electron chi connectivity index (χ1n) is 8.72. The zero-order chi connectivity index (χ0) is 16.9. The van der Waals surface area contributed by atoms with E-state index in [-0.39, 0.29) is 11.0 Å². The first kappa shape index (κ1) is 15.8. The van der Waals surface area contributed by atoms with E-state index in [1.165, 1.54) is 0 Å². The van der Waals surface area contributed by atoms with Gasteiger partial charge in [0.05, 0.1) is 18.3 Å². The van der Waals surface area contributed by atoms with Crippen LogP contribution in [0.15, 0.2) is 17.3 Å². The molecule has 0 amide bonds. The third-order valence-corrected chi connectivity index (χ3v) is 6.18. The number of rotatable bonds is 2. The zero-order valence-corrected chi connectivity index (χ0v) is 14.4. The quantitative estimate of drug-likeness (QED) is 0.879. The number of hydrogen-bond acceptors (Lipinski definition) is 5. The second-order valence-electron chi connectivity index (χ2n) is 7.69. The van der Waals surface area contributed by atoms with Gasteiger partial charge in [-0.2, -0.15) is 5.10 Å². The SMILES string of the molecule is CN1CCC(O)(Cn2cnc3c(cnn3C)c2=O)C2(CCCC2)C1. The number of likely N-dealkylation sites (tertiary alicyclic amines) is 1. The van der Waals surface area contributed by atoms with Crippen LogP contribution in [-0.2, 0) is 13.6 Å². The Bertz CT molecular complexity index is 820. The number of piperidine rings is 1. The molecule has 1 aliphatic carbocycles. The molecule has 1 aliphatic heterocycles. The molecule has 7 nitrogen and oxygen atoms in total. The molecular formula is C17H25N5O2. The van der Waals surface area contributed by atoms with Crippen LogP contribution in [0.2, 0.25) is 0 Å². The number of hydrogen-bond donors (Lipinski definition) is 1. The molecule has 1 saturated heterocycles. The molecule has 0 bridgehead atoms. The van der Waals surface area contributed by atoms with Crippen LogP contribution < -0.4 is 5.56 Å². The van der Waals surface area contributed by atoms with E-state index in [0.29, 0.717) is 24.0 Å². The van der Waals surface area contributed by atoms with Gasteiger partial charge in [-0.25, -0.2) is 4.98 Å².